The van der Waals surface area contributed by atoms with E-state index >= 15 is 0 Å². The molecular weight excluding hydrogens is 244 g/mol. The minimum atomic E-state index is -0.0607. The molecule has 14 heavy (non-hydrogen) atoms. The van der Waals surface area contributed by atoms with Gasteiger partial charge in [-0.2, -0.15) is 0 Å². The molecule has 0 aliphatic heterocycles. The van der Waals surface area contributed by atoms with Gasteiger partial charge in [0.2, 0.25) is 0 Å². The first-order valence-electron chi connectivity index (χ1n) is 5.17. The summed E-state index contributed by atoms with van der Waals surface area (Å²) in [5, 5.41) is 1.02. The summed E-state index contributed by atoms with van der Waals surface area (Å²) in [4.78, 5) is 11.2. The van der Waals surface area contributed by atoms with Crippen LogP contribution in [0.2, 0.25) is 0 Å². The van der Waals surface area contributed by atoms with Gasteiger partial charge in [-0.3, -0.25) is 4.79 Å². The Morgan fingerprint density at radius 3 is 2.36 bits per heavy atom. The van der Waals surface area contributed by atoms with Crippen molar-refractivity contribution in [3.8, 4) is 0 Å². The molecule has 0 spiro atoms. The summed E-state index contributed by atoms with van der Waals surface area (Å²) < 4.78 is 5.14. The Morgan fingerprint density at radius 2 is 1.86 bits per heavy atom. The Morgan fingerprint density at radius 1 is 1.21 bits per heavy atom. The van der Waals surface area contributed by atoms with E-state index in [2.05, 4.69) is 36.7 Å². The van der Waals surface area contributed by atoms with Crippen LogP contribution in [0.3, 0.4) is 0 Å². The maximum atomic E-state index is 11.2. The van der Waals surface area contributed by atoms with Crippen molar-refractivity contribution in [1.29, 1.82) is 0 Å². The summed E-state index contributed by atoms with van der Waals surface area (Å²) in [5.41, 5.74) is 0.0749. The van der Waals surface area contributed by atoms with Gasteiger partial charge in [0.1, 0.15) is 0 Å². The number of carbonyl (C=O) groups excluding carboxylic acids is 1. The molecule has 0 N–H and O–H groups in total. The van der Waals surface area contributed by atoms with Crippen molar-refractivity contribution in [2.24, 2.45) is 5.41 Å². The van der Waals surface area contributed by atoms with Gasteiger partial charge in [-0.05, 0) is 18.3 Å². The lowest BCUT2D eigenvalue weighted by Crippen LogP contribution is -2.18. The second kappa shape index (κ2) is 7.27. The molecule has 0 aromatic heterocycles. The minimum Gasteiger partial charge on any atom is -0.465 e. The Hall–Kier alpha value is -0.0500. The van der Waals surface area contributed by atoms with Crippen LogP contribution in [0.1, 0.15) is 46.5 Å². The number of carbonyl (C=O) groups is 1. The zero-order valence-corrected chi connectivity index (χ0v) is 11.0. The van der Waals surface area contributed by atoms with E-state index in [0.29, 0.717) is 13.0 Å². The minimum absolute atomic E-state index is 0.0607. The molecule has 0 fully saturated rings. The molecule has 0 aliphatic carbocycles. The molecular formula is C11H21BrO2. The number of alkyl halides is 1. The van der Waals surface area contributed by atoms with Crippen molar-refractivity contribution < 1.29 is 9.53 Å². The average molecular weight is 265 g/mol. The number of hydrogen-bond acceptors (Lipinski definition) is 2. The van der Waals surface area contributed by atoms with Crippen LogP contribution in [0.25, 0.3) is 0 Å². The Balaban J connectivity index is 3.38. The normalized spacial score (nSPS) is 11.4. The quantitative estimate of drug-likeness (QED) is 0.417. The fourth-order valence-corrected chi connectivity index (χ4v) is 1.31. The Kier molecular flexibility index (Phi) is 7.24. The standard InChI is InChI=1S/C11H21BrO2/c1-11(2,3)9-14-10(13)7-5-4-6-8-12/h4-9H2,1-3H3. The number of halogens is 1. The Bertz CT molecular complexity index is 161. The highest BCUT2D eigenvalue weighted by Gasteiger charge is 2.13. The molecule has 0 saturated heterocycles. The third kappa shape index (κ3) is 10.0. The first-order chi connectivity index (χ1) is 6.45. The monoisotopic (exact) mass is 264 g/mol. The first kappa shape index (κ1) is 13.9. The summed E-state index contributed by atoms with van der Waals surface area (Å²) in [6.07, 6.45) is 3.72. The molecule has 0 radical (unpaired) electrons. The van der Waals surface area contributed by atoms with Crippen molar-refractivity contribution in [3.63, 3.8) is 0 Å². The zero-order chi connectivity index (χ0) is 11.0. The predicted molar refractivity (Wildman–Crippen MR) is 62.7 cm³/mol. The van der Waals surface area contributed by atoms with E-state index in [-0.39, 0.29) is 11.4 Å². The molecule has 0 amide bonds. The molecule has 0 rings (SSSR count). The highest BCUT2D eigenvalue weighted by Crippen LogP contribution is 2.13. The van der Waals surface area contributed by atoms with E-state index in [4.69, 9.17) is 4.74 Å². The molecule has 0 aromatic carbocycles. The smallest absolute Gasteiger partial charge is 0.305 e. The van der Waals surface area contributed by atoms with E-state index in [0.717, 1.165) is 24.6 Å². The van der Waals surface area contributed by atoms with Gasteiger partial charge in [-0.25, -0.2) is 0 Å². The molecule has 0 heterocycles. The summed E-state index contributed by atoms with van der Waals surface area (Å²) in [7, 11) is 0. The SMILES string of the molecule is CC(C)(C)COC(=O)CCCCCBr. The van der Waals surface area contributed by atoms with Gasteiger partial charge < -0.3 is 4.74 Å². The number of hydrogen-bond donors (Lipinski definition) is 0. The second-order valence-corrected chi connectivity index (χ2v) is 5.51. The highest BCUT2D eigenvalue weighted by atomic mass is 79.9. The van der Waals surface area contributed by atoms with Crippen LogP contribution < -0.4 is 0 Å². The summed E-state index contributed by atoms with van der Waals surface area (Å²) in [5.74, 6) is -0.0607. The van der Waals surface area contributed by atoms with Gasteiger partial charge in [0, 0.05) is 11.8 Å². The fourth-order valence-electron chi connectivity index (χ4n) is 0.910. The molecule has 0 saturated carbocycles. The number of ether oxygens (including phenoxy) is 1. The van der Waals surface area contributed by atoms with Crippen LogP contribution in [0.5, 0.6) is 0 Å². The van der Waals surface area contributed by atoms with Gasteiger partial charge in [-0.1, -0.05) is 43.1 Å². The van der Waals surface area contributed by atoms with Crippen molar-refractivity contribution in [3.05, 3.63) is 0 Å². The van der Waals surface area contributed by atoms with Crippen molar-refractivity contribution >= 4 is 21.9 Å². The molecule has 2 nitrogen and oxygen atoms in total. The Labute approximate surface area is 95.5 Å². The van der Waals surface area contributed by atoms with E-state index in [1.807, 2.05) is 0 Å². The molecule has 0 bridgehead atoms. The van der Waals surface area contributed by atoms with E-state index in [9.17, 15) is 4.79 Å². The molecule has 84 valence electrons. The van der Waals surface area contributed by atoms with Gasteiger partial charge >= 0.3 is 5.97 Å². The van der Waals surface area contributed by atoms with Crippen LogP contribution >= 0.6 is 15.9 Å². The lowest BCUT2D eigenvalue weighted by Gasteiger charge is -2.17. The number of esters is 1. The van der Waals surface area contributed by atoms with Crippen molar-refractivity contribution in [2.75, 3.05) is 11.9 Å². The summed E-state index contributed by atoms with van der Waals surface area (Å²) in [6, 6.07) is 0. The highest BCUT2D eigenvalue weighted by molar-refractivity contribution is 9.09. The predicted octanol–water partition coefficient (Wildman–Crippen LogP) is 3.53. The van der Waals surface area contributed by atoms with Crippen LogP contribution in [0, 0.1) is 5.41 Å². The molecule has 0 unspecified atom stereocenters. The summed E-state index contributed by atoms with van der Waals surface area (Å²) in [6.45, 7) is 6.70. The van der Waals surface area contributed by atoms with Gasteiger partial charge in [-0.15, -0.1) is 0 Å². The third-order valence-corrected chi connectivity index (χ3v) is 2.24. The molecule has 0 aliphatic rings. The van der Waals surface area contributed by atoms with Crippen LogP contribution in [-0.2, 0) is 9.53 Å². The van der Waals surface area contributed by atoms with Crippen molar-refractivity contribution in [2.45, 2.75) is 46.5 Å². The topological polar surface area (TPSA) is 26.3 Å². The lowest BCUT2D eigenvalue weighted by atomic mass is 9.99. The maximum Gasteiger partial charge on any atom is 0.305 e. The van der Waals surface area contributed by atoms with E-state index in [1.54, 1.807) is 0 Å². The van der Waals surface area contributed by atoms with Gasteiger partial charge in [0.25, 0.3) is 0 Å². The number of unbranched alkanes of at least 4 members (excludes halogenated alkanes) is 2. The van der Waals surface area contributed by atoms with Crippen LogP contribution in [-0.4, -0.2) is 17.9 Å². The van der Waals surface area contributed by atoms with E-state index < -0.39 is 0 Å². The van der Waals surface area contributed by atoms with Crippen LogP contribution in [0.4, 0.5) is 0 Å². The average Bonchev–Trinajstić information content (AvgIpc) is 2.08. The third-order valence-electron chi connectivity index (χ3n) is 1.68. The van der Waals surface area contributed by atoms with Gasteiger partial charge in [0.05, 0.1) is 6.61 Å². The lowest BCUT2D eigenvalue weighted by molar-refractivity contribution is -0.146. The maximum absolute atomic E-state index is 11.2. The van der Waals surface area contributed by atoms with Gasteiger partial charge in [0.15, 0.2) is 0 Å². The number of rotatable bonds is 6. The fraction of sp³-hybridized carbons (Fsp3) is 0.909. The van der Waals surface area contributed by atoms with E-state index in [1.165, 1.54) is 0 Å². The largest absolute Gasteiger partial charge is 0.465 e. The molecule has 0 atom stereocenters. The molecule has 0 aromatic rings. The summed E-state index contributed by atoms with van der Waals surface area (Å²) >= 11 is 3.36. The molecule has 3 heteroatoms. The van der Waals surface area contributed by atoms with Crippen molar-refractivity contribution in [1.82, 2.24) is 0 Å². The second-order valence-electron chi connectivity index (χ2n) is 4.72. The zero-order valence-electron chi connectivity index (χ0n) is 9.44. The first-order valence-corrected chi connectivity index (χ1v) is 6.29. The van der Waals surface area contributed by atoms with Crippen LogP contribution in [0.15, 0.2) is 0 Å².